The Bertz CT molecular complexity index is 524. The third-order valence-electron chi connectivity index (χ3n) is 5.34. The van der Waals surface area contributed by atoms with E-state index in [0.29, 0.717) is 0 Å². The summed E-state index contributed by atoms with van der Waals surface area (Å²) in [4.78, 5) is 0. The summed E-state index contributed by atoms with van der Waals surface area (Å²) in [6.07, 6.45) is -1.35. The first-order valence-electron chi connectivity index (χ1n) is 9.58. The van der Waals surface area contributed by atoms with Crippen molar-refractivity contribution in [3.63, 3.8) is 0 Å². The van der Waals surface area contributed by atoms with Crippen molar-refractivity contribution in [3.05, 3.63) is 30.3 Å². The summed E-state index contributed by atoms with van der Waals surface area (Å²) in [5.41, 5.74) is 1.49. The molecule has 0 unspecified atom stereocenters. The molecule has 0 saturated carbocycles. The molecule has 0 aliphatic carbocycles. The van der Waals surface area contributed by atoms with E-state index in [9.17, 15) is 0 Å². The summed E-state index contributed by atoms with van der Waals surface area (Å²) in [6.45, 7) is 32.1. The Labute approximate surface area is 164 Å². The minimum absolute atomic E-state index is 1.09. The van der Waals surface area contributed by atoms with E-state index in [4.69, 9.17) is 0 Å². The Morgan fingerprint density at radius 1 is 0.600 bits per heavy atom. The topological polar surface area (TPSA) is 3.24 Å². The highest BCUT2D eigenvalue weighted by Gasteiger charge is 2.63. The van der Waals surface area contributed by atoms with Gasteiger partial charge in [-0.05, 0) is 12.1 Å². The smallest absolute Gasteiger partial charge is 0.146 e. The molecule has 0 N–H and O–H groups in total. The molecule has 0 aliphatic heterocycles. The predicted octanol–water partition coefficient (Wildman–Crippen LogP) is 6.14. The van der Waals surface area contributed by atoms with E-state index in [0.717, 1.165) is 9.20 Å². The Kier molecular flexibility index (Phi) is 6.90. The molecular formula is C18H41NSi6. The van der Waals surface area contributed by atoms with Crippen LogP contribution in [0.5, 0.6) is 0 Å². The second-order valence-electron chi connectivity index (χ2n) is 11.5. The monoisotopic (exact) mass is 439 g/mol. The molecular weight excluding hydrogens is 399 g/mol. The molecule has 7 heteroatoms. The molecule has 1 rings (SSSR count). The maximum Gasteiger partial charge on any atom is 0.146 e. The van der Waals surface area contributed by atoms with Crippen LogP contribution < -0.4 is 4.23 Å². The lowest BCUT2D eigenvalue weighted by atomic mass is 10.3. The largest absolute Gasteiger partial charge is 0.428 e. The van der Waals surface area contributed by atoms with Crippen LogP contribution in [0.2, 0.25) is 78.6 Å². The van der Waals surface area contributed by atoms with E-state index in [1.54, 1.807) is 0 Å². The third kappa shape index (κ3) is 4.79. The van der Waals surface area contributed by atoms with Crippen LogP contribution in [0.1, 0.15) is 0 Å². The number of benzene rings is 1. The summed E-state index contributed by atoms with van der Waals surface area (Å²) >= 11 is 0. The van der Waals surface area contributed by atoms with Crippen molar-refractivity contribution in [1.82, 2.24) is 0 Å². The Hall–Kier alpha value is 0.321. The van der Waals surface area contributed by atoms with Crippen LogP contribution in [-0.2, 0) is 0 Å². The molecule has 0 spiro atoms. The molecule has 0 amide bonds. The minimum atomic E-state index is -1.43. The zero-order valence-corrected chi connectivity index (χ0v) is 24.8. The van der Waals surface area contributed by atoms with Crippen LogP contribution in [0.15, 0.2) is 30.3 Å². The van der Waals surface area contributed by atoms with Gasteiger partial charge in [0.05, 0.1) is 6.14 Å². The standard InChI is InChI=1S/C18H41NSi6/c1-21(2,3)19(18-16-14-13-15-17-18)20-25(22(4,5)6,23(7,8)9)24(10,11)12/h13-17H,1-12H3. The van der Waals surface area contributed by atoms with Gasteiger partial charge in [-0.25, -0.2) is 0 Å². The predicted molar refractivity (Wildman–Crippen MR) is 134 cm³/mol. The first kappa shape index (κ1) is 23.4. The number of anilines is 1. The maximum atomic E-state index is 2.95. The molecule has 0 fully saturated rings. The van der Waals surface area contributed by atoms with Gasteiger partial charge in [0.1, 0.15) is 17.4 Å². The van der Waals surface area contributed by atoms with Gasteiger partial charge >= 0.3 is 0 Å². The van der Waals surface area contributed by atoms with E-state index in [1.807, 2.05) is 0 Å². The Morgan fingerprint density at radius 3 is 1.24 bits per heavy atom. The van der Waals surface area contributed by atoms with Crippen LogP contribution in [-0.4, -0.2) is 46.4 Å². The van der Waals surface area contributed by atoms with Crippen molar-refractivity contribution in [3.8, 4) is 0 Å². The van der Waals surface area contributed by atoms with Gasteiger partial charge in [0, 0.05) is 28.5 Å². The van der Waals surface area contributed by atoms with Gasteiger partial charge in [0.25, 0.3) is 0 Å². The lowest BCUT2D eigenvalue weighted by Crippen LogP contribution is -2.88. The third-order valence-corrected chi connectivity index (χ3v) is 103. The first-order chi connectivity index (χ1) is 11.0. The van der Waals surface area contributed by atoms with Gasteiger partial charge in [0.2, 0.25) is 0 Å². The summed E-state index contributed by atoms with van der Waals surface area (Å²) in [5.74, 6) is 0. The minimum Gasteiger partial charge on any atom is -0.428 e. The molecule has 0 aromatic heterocycles. The lowest BCUT2D eigenvalue weighted by Gasteiger charge is -2.59. The molecule has 1 nitrogen and oxygen atoms in total. The lowest BCUT2D eigenvalue weighted by molar-refractivity contribution is 1.44. The average Bonchev–Trinajstić information content (AvgIpc) is 2.33. The van der Waals surface area contributed by atoms with E-state index in [2.05, 4.69) is 113 Å². The number of nitrogens with zero attached hydrogens (tertiary/aromatic N) is 1. The van der Waals surface area contributed by atoms with E-state index in [-0.39, 0.29) is 0 Å². The van der Waals surface area contributed by atoms with Gasteiger partial charge in [0.15, 0.2) is 0 Å². The van der Waals surface area contributed by atoms with Crippen molar-refractivity contribution < 1.29 is 0 Å². The molecule has 25 heavy (non-hydrogen) atoms. The second-order valence-corrected chi connectivity index (χ2v) is 64.5. The Morgan fingerprint density at radius 2 is 0.960 bits per heavy atom. The van der Waals surface area contributed by atoms with Crippen molar-refractivity contribution in [2.45, 2.75) is 78.6 Å². The summed E-state index contributed by atoms with van der Waals surface area (Å²) in [7, 11) is -4.02. The normalized spacial score (nSPS) is 14.6. The summed E-state index contributed by atoms with van der Waals surface area (Å²) in [6, 6.07) is 11.4. The second kappa shape index (κ2) is 7.39. The summed E-state index contributed by atoms with van der Waals surface area (Å²) < 4.78 is 2.95. The van der Waals surface area contributed by atoms with Gasteiger partial charge in [-0.15, -0.1) is 0 Å². The Balaban J connectivity index is 3.66. The van der Waals surface area contributed by atoms with Crippen LogP contribution >= 0.6 is 0 Å². The van der Waals surface area contributed by atoms with Gasteiger partial charge in [-0.3, -0.25) is 0 Å². The van der Waals surface area contributed by atoms with E-state index < -0.39 is 37.2 Å². The van der Waals surface area contributed by atoms with Crippen molar-refractivity contribution >= 4 is 52.0 Å². The van der Waals surface area contributed by atoms with Crippen LogP contribution in [0.3, 0.4) is 0 Å². The average molecular weight is 440 g/mol. The zero-order chi connectivity index (χ0) is 19.9. The van der Waals surface area contributed by atoms with Gasteiger partial charge in [-0.1, -0.05) is 96.8 Å². The first-order valence-corrected chi connectivity index (χ1v) is 30.5. The van der Waals surface area contributed by atoms with Crippen LogP contribution in [0.4, 0.5) is 5.69 Å². The molecule has 1 aromatic rings. The van der Waals surface area contributed by atoms with E-state index >= 15 is 0 Å². The number of hydrogen-bond acceptors (Lipinski definition) is 1. The molecule has 1 aromatic carbocycles. The molecule has 0 atom stereocenters. The molecule has 0 bridgehead atoms. The van der Waals surface area contributed by atoms with Crippen molar-refractivity contribution in [1.29, 1.82) is 0 Å². The number of para-hydroxylation sites is 1. The molecule has 0 aliphatic rings. The quantitative estimate of drug-likeness (QED) is 0.461. The summed E-state index contributed by atoms with van der Waals surface area (Å²) in [5, 5.41) is 0. The fraction of sp³-hybridized carbons (Fsp3) is 0.667. The van der Waals surface area contributed by atoms with E-state index in [1.165, 1.54) is 5.69 Å². The highest BCUT2D eigenvalue weighted by Crippen LogP contribution is 2.38. The zero-order valence-electron chi connectivity index (χ0n) is 18.8. The fourth-order valence-electron chi connectivity index (χ4n) is 5.24. The number of rotatable bonds is 7. The molecule has 0 heterocycles. The van der Waals surface area contributed by atoms with Gasteiger partial charge < -0.3 is 4.23 Å². The van der Waals surface area contributed by atoms with Crippen molar-refractivity contribution in [2.75, 3.05) is 4.23 Å². The maximum absolute atomic E-state index is 2.95. The SMILES string of the molecule is C[Si](C)(C)N([Si][Si]([Si](C)(C)C)([Si](C)(C)C)[Si](C)(C)C)c1ccccc1. The van der Waals surface area contributed by atoms with Crippen LogP contribution in [0.25, 0.3) is 0 Å². The van der Waals surface area contributed by atoms with Crippen molar-refractivity contribution in [2.24, 2.45) is 0 Å². The number of hydrogen-bond donors (Lipinski definition) is 0. The van der Waals surface area contributed by atoms with Crippen LogP contribution in [0, 0.1) is 0 Å². The molecule has 2 radical (unpaired) electrons. The molecule has 0 saturated heterocycles. The highest BCUT2D eigenvalue weighted by molar-refractivity contribution is 8.02. The highest BCUT2D eigenvalue weighted by atomic mass is 30.2. The van der Waals surface area contributed by atoms with Gasteiger partial charge in [-0.2, -0.15) is 0 Å². The fourth-order valence-corrected chi connectivity index (χ4v) is 121. The molecule has 142 valence electrons.